The molecule has 39 heavy (non-hydrogen) atoms. The van der Waals surface area contributed by atoms with Crippen molar-refractivity contribution >= 4 is 17.8 Å². The number of fused-ring (bicyclic) bond motifs is 6. The van der Waals surface area contributed by atoms with E-state index in [2.05, 4.69) is 10.3 Å². The van der Waals surface area contributed by atoms with Gasteiger partial charge in [0.2, 0.25) is 5.91 Å². The van der Waals surface area contributed by atoms with Crippen molar-refractivity contribution in [2.45, 2.75) is 38.1 Å². The van der Waals surface area contributed by atoms with Crippen molar-refractivity contribution < 1.29 is 28.6 Å². The summed E-state index contributed by atoms with van der Waals surface area (Å²) in [4.78, 5) is 43.6. The fraction of sp³-hybridized carbons (Fsp3) is 0.333. The Morgan fingerprint density at radius 2 is 1.97 bits per heavy atom. The first-order chi connectivity index (χ1) is 19.0. The lowest BCUT2D eigenvalue weighted by atomic mass is 9.87. The maximum absolute atomic E-state index is 13.4. The third kappa shape index (κ3) is 6.19. The lowest BCUT2D eigenvalue weighted by molar-refractivity contribution is -0.141. The first-order valence-corrected chi connectivity index (χ1v) is 13.1. The summed E-state index contributed by atoms with van der Waals surface area (Å²) in [7, 11) is 1.35. The zero-order valence-corrected chi connectivity index (χ0v) is 21.9. The van der Waals surface area contributed by atoms with Gasteiger partial charge in [-0.15, -0.1) is 0 Å². The van der Waals surface area contributed by atoms with Crippen LogP contribution in [0.1, 0.15) is 58.8 Å². The Bertz CT molecular complexity index is 1370. The number of rotatable bonds is 4. The molecule has 8 bridgehead atoms. The van der Waals surface area contributed by atoms with Crippen LogP contribution in [-0.4, -0.2) is 54.5 Å². The predicted octanol–water partition coefficient (Wildman–Crippen LogP) is 4.20. The van der Waals surface area contributed by atoms with Gasteiger partial charge in [0.25, 0.3) is 5.91 Å². The highest BCUT2D eigenvalue weighted by Gasteiger charge is 2.32. The Morgan fingerprint density at radius 3 is 2.85 bits per heavy atom. The summed E-state index contributed by atoms with van der Waals surface area (Å²) in [6.45, 7) is 1.40. The lowest BCUT2D eigenvalue weighted by Gasteiger charge is -2.38. The molecule has 0 saturated heterocycles. The molecule has 9 heteroatoms. The summed E-state index contributed by atoms with van der Waals surface area (Å²) < 4.78 is 16.8. The molecule has 1 unspecified atom stereocenters. The van der Waals surface area contributed by atoms with Crippen molar-refractivity contribution in [1.82, 2.24) is 15.2 Å². The summed E-state index contributed by atoms with van der Waals surface area (Å²) in [6, 6.07) is 15.0. The molecule has 2 amide bonds. The molecule has 4 heterocycles. The van der Waals surface area contributed by atoms with E-state index in [0.29, 0.717) is 61.8 Å². The summed E-state index contributed by atoms with van der Waals surface area (Å²) in [6.07, 6.45) is 5.26. The molecule has 202 valence electrons. The van der Waals surface area contributed by atoms with Crippen LogP contribution in [0.2, 0.25) is 0 Å². The number of esters is 1. The molecule has 1 aromatic heterocycles. The molecule has 1 atom stereocenters. The molecule has 6 rings (SSSR count). The maximum atomic E-state index is 13.4. The average molecular weight is 530 g/mol. The zero-order chi connectivity index (χ0) is 27.2. The number of hydrogen-bond acceptors (Lipinski definition) is 7. The van der Waals surface area contributed by atoms with Gasteiger partial charge in [-0.1, -0.05) is 18.2 Å². The Hall–Kier alpha value is -4.40. The first kappa shape index (κ1) is 26.2. The average Bonchev–Trinajstić information content (AvgIpc) is 2.95. The van der Waals surface area contributed by atoms with Gasteiger partial charge < -0.3 is 24.4 Å². The van der Waals surface area contributed by atoms with E-state index in [9.17, 15) is 14.4 Å². The van der Waals surface area contributed by atoms with Crippen LogP contribution in [0.5, 0.6) is 17.2 Å². The van der Waals surface area contributed by atoms with E-state index in [1.807, 2.05) is 47.4 Å². The van der Waals surface area contributed by atoms with Crippen molar-refractivity contribution in [3.63, 3.8) is 0 Å². The standard InChI is InChI=1S/C30H31N3O6/c1-37-28(35)8-3-7-27(34)33-13-11-20-15-24-9-10-26(20)29(33)21-5-2-6-23(16-21)38-14-4-12-32-30(36)22-17-25(39-24)19-31-18-22/h2,5-6,9-10,15-19,29H,3-4,7-8,11-14H2,1H3,(H,32,36). The SMILES string of the molecule is COC(=O)CCCC(=O)N1CCc2cc3ccc2C1c1cccc(c1)OCCCNC(=O)c1cncc(c1)O3. The minimum atomic E-state index is -0.319. The second-order valence-electron chi connectivity index (χ2n) is 9.57. The van der Waals surface area contributed by atoms with Crippen molar-refractivity contribution in [3.8, 4) is 17.2 Å². The van der Waals surface area contributed by atoms with E-state index in [1.54, 1.807) is 12.3 Å². The number of hydrogen-bond donors (Lipinski definition) is 1. The number of aromatic nitrogens is 1. The smallest absolute Gasteiger partial charge is 0.305 e. The van der Waals surface area contributed by atoms with Gasteiger partial charge >= 0.3 is 5.97 Å². The molecule has 3 aliphatic rings. The van der Waals surface area contributed by atoms with Gasteiger partial charge in [0, 0.05) is 32.1 Å². The predicted molar refractivity (Wildman–Crippen MR) is 143 cm³/mol. The number of carbonyl (C=O) groups excluding carboxylic acids is 3. The van der Waals surface area contributed by atoms with Crippen molar-refractivity contribution in [2.75, 3.05) is 26.8 Å². The Balaban J connectivity index is 1.50. The molecule has 3 aliphatic heterocycles. The van der Waals surface area contributed by atoms with Gasteiger partial charge in [-0.05, 0) is 66.3 Å². The highest BCUT2D eigenvalue weighted by molar-refractivity contribution is 5.94. The highest BCUT2D eigenvalue weighted by atomic mass is 16.5. The fourth-order valence-electron chi connectivity index (χ4n) is 5.00. The summed E-state index contributed by atoms with van der Waals surface area (Å²) in [5, 5.41) is 2.89. The van der Waals surface area contributed by atoms with Gasteiger partial charge in [-0.3, -0.25) is 19.4 Å². The topological polar surface area (TPSA) is 107 Å². The largest absolute Gasteiger partial charge is 0.494 e. The van der Waals surface area contributed by atoms with Crippen LogP contribution in [-0.2, 0) is 20.7 Å². The molecule has 3 aromatic rings. The first-order valence-electron chi connectivity index (χ1n) is 13.1. The number of methoxy groups -OCH3 is 1. The Morgan fingerprint density at radius 1 is 1.08 bits per heavy atom. The molecule has 1 N–H and O–H groups in total. The third-order valence-electron chi connectivity index (χ3n) is 6.92. The number of nitrogens with one attached hydrogen (secondary N) is 1. The molecule has 2 aromatic carbocycles. The number of nitrogens with zero attached hydrogens (tertiary/aromatic N) is 2. The van der Waals surface area contributed by atoms with Gasteiger partial charge in [-0.25, -0.2) is 0 Å². The molecule has 9 nitrogen and oxygen atoms in total. The van der Waals surface area contributed by atoms with Crippen molar-refractivity contribution in [2.24, 2.45) is 0 Å². The zero-order valence-electron chi connectivity index (χ0n) is 21.9. The molecule has 0 aliphatic carbocycles. The normalized spacial score (nSPS) is 16.7. The van der Waals surface area contributed by atoms with Gasteiger partial charge in [0.1, 0.15) is 17.2 Å². The van der Waals surface area contributed by atoms with Gasteiger partial charge in [0.05, 0.1) is 31.5 Å². The quantitative estimate of drug-likeness (QED) is 0.505. The molecule has 0 radical (unpaired) electrons. The number of carbonyl (C=O) groups is 3. The monoisotopic (exact) mass is 529 g/mol. The fourth-order valence-corrected chi connectivity index (χ4v) is 5.00. The number of benzene rings is 2. The molecule has 0 saturated carbocycles. The second-order valence-corrected chi connectivity index (χ2v) is 9.57. The van der Waals surface area contributed by atoms with E-state index < -0.39 is 0 Å². The van der Waals surface area contributed by atoms with Crippen LogP contribution < -0.4 is 14.8 Å². The van der Waals surface area contributed by atoms with Crippen LogP contribution in [0.3, 0.4) is 0 Å². The minimum Gasteiger partial charge on any atom is -0.494 e. The summed E-state index contributed by atoms with van der Waals surface area (Å²) >= 11 is 0. The van der Waals surface area contributed by atoms with E-state index >= 15 is 0 Å². The van der Waals surface area contributed by atoms with E-state index in [4.69, 9.17) is 14.2 Å². The van der Waals surface area contributed by atoms with Crippen LogP contribution in [0, 0.1) is 0 Å². The third-order valence-corrected chi connectivity index (χ3v) is 6.92. The number of amides is 2. The molecular weight excluding hydrogens is 498 g/mol. The maximum Gasteiger partial charge on any atom is 0.305 e. The summed E-state index contributed by atoms with van der Waals surface area (Å²) in [5.41, 5.74) is 3.45. The number of pyridine rings is 1. The molecular formula is C30H31N3O6. The minimum absolute atomic E-state index is 0.0121. The van der Waals surface area contributed by atoms with Crippen LogP contribution in [0.4, 0.5) is 0 Å². The highest BCUT2D eigenvalue weighted by Crippen LogP contribution is 2.39. The van der Waals surface area contributed by atoms with Gasteiger partial charge in [0.15, 0.2) is 0 Å². The van der Waals surface area contributed by atoms with Gasteiger partial charge in [-0.2, -0.15) is 0 Å². The lowest BCUT2D eigenvalue weighted by Crippen LogP contribution is -2.40. The Labute approximate surface area is 227 Å². The molecule has 0 spiro atoms. The van der Waals surface area contributed by atoms with Crippen LogP contribution in [0.25, 0.3) is 0 Å². The van der Waals surface area contributed by atoms with E-state index in [1.165, 1.54) is 13.3 Å². The molecule has 0 fully saturated rings. The number of ether oxygens (including phenoxy) is 3. The van der Waals surface area contributed by atoms with Crippen molar-refractivity contribution in [1.29, 1.82) is 0 Å². The van der Waals surface area contributed by atoms with E-state index in [0.717, 1.165) is 16.7 Å². The van der Waals surface area contributed by atoms with Crippen LogP contribution >= 0.6 is 0 Å². The van der Waals surface area contributed by atoms with Crippen molar-refractivity contribution in [3.05, 3.63) is 83.2 Å². The second kappa shape index (κ2) is 12.0. The Kier molecular flexibility index (Phi) is 8.05. The van der Waals surface area contributed by atoms with Crippen LogP contribution in [0.15, 0.2) is 60.9 Å². The summed E-state index contributed by atoms with van der Waals surface area (Å²) in [5.74, 6) is 1.24. The van der Waals surface area contributed by atoms with E-state index in [-0.39, 0.29) is 36.7 Å².